The highest BCUT2D eigenvalue weighted by molar-refractivity contribution is 7.84. The normalized spacial score (nSPS) is 11.4. The second-order valence-electron chi connectivity index (χ2n) is 4.94. The Hall–Kier alpha value is -2.72. The van der Waals surface area contributed by atoms with E-state index in [0.717, 1.165) is 0 Å². The maximum atomic E-state index is 13.4. The molecular formula is C17H16FN3O2S. The van der Waals surface area contributed by atoms with E-state index in [0.29, 0.717) is 29.2 Å². The molecule has 0 aromatic heterocycles. The number of nitriles is 1. The van der Waals surface area contributed by atoms with Crippen molar-refractivity contribution in [2.75, 3.05) is 24.7 Å². The maximum Gasteiger partial charge on any atom is 0.251 e. The second kappa shape index (κ2) is 8.22. The fraction of sp³-hybridized carbons (Fsp3) is 0.176. The number of hydrogen-bond acceptors (Lipinski definition) is 4. The number of rotatable bonds is 6. The fourth-order valence-corrected chi connectivity index (χ4v) is 2.58. The van der Waals surface area contributed by atoms with Crippen molar-refractivity contribution in [3.05, 3.63) is 59.4 Å². The number of nitrogens with zero attached hydrogens (tertiary/aromatic N) is 1. The molecule has 124 valence electrons. The predicted octanol–water partition coefficient (Wildman–Crippen LogP) is 2.28. The molecule has 0 aliphatic carbocycles. The first kappa shape index (κ1) is 17.6. The summed E-state index contributed by atoms with van der Waals surface area (Å²) in [5, 5.41) is 14.6. The van der Waals surface area contributed by atoms with Crippen molar-refractivity contribution in [3.8, 4) is 6.07 Å². The van der Waals surface area contributed by atoms with Gasteiger partial charge in [-0.25, -0.2) is 4.39 Å². The molecule has 0 aliphatic rings. The van der Waals surface area contributed by atoms with Crippen LogP contribution in [0.4, 0.5) is 10.1 Å². The first-order chi connectivity index (χ1) is 11.5. The summed E-state index contributed by atoms with van der Waals surface area (Å²) < 4.78 is 24.7. The molecular weight excluding hydrogens is 329 g/mol. The first-order valence-corrected chi connectivity index (χ1v) is 8.73. The van der Waals surface area contributed by atoms with Crippen LogP contribution in [0.25, 0.3) is 0 Å². The summed E-state index contributed by atoms with van der Waals surface area (Å²) in [6.45, 7) is 0.655. The number of halogens is 1. The third kappa shape index (κ3) is 4.40. The Balaban J connectivity index is 1.86. The quantitative estimate of drug-likeness (QED) is 0.787. The Morgan fingerprint density at radius 1 is 1.21 bits per heavy atom. The molecule has 0 saturated carbocycles. The molecule has 0 unspecified atom stereocenters. The highest BCUT2D eigenvalue weighted by Crippen LogP contribution is 2.17. The molecule has 1 atom stereocenters. The molecule has 0 radical (unpaired) electrons. The van der Waals surface area contributed by atoms with E-state index >= 15 is 0 Å². The molecule has 0 spiro atoms. The predicted molar refractivity (Wildman–Crippen MR) is 90.7 cm³/mol. The molecule has 2 aromatic carbocycles. The zero-order valence-electron chi connectivity index (χ0n) is 13.0. The third-order valence-corrected chi connectivity index (χ3v) is 4.24. The summed E-state index contributed by atoms with van der Waals surface area (Å²) in [5.41, 5.74) is 0.807. The molecule has 24 heavy (non-hydrogen) atoms. The van der Waals surface area contributed by atoms with Gasteiger partial charge >= 0.3 is 0 Å². The summed E-state index contributed by atoms with van der Waals surface area (Å²) in [7, 11) is -1.08. The summed E-state index contributed by atoms with van der Waals surface area (Å²) in [6.07, 6.45) is 1.57. The summed E-state index contributed by atoms with van der Waals surface area (Å²) in [5.74, 6) is -0.843. The van der Waals surface area contributed by atoms with Crippen molar-refractivity contribution in [3.63, 3.8) is 0 Å². The van der Waals surface area contributed by atoms with E-state index < -0.39 is 16.6 Å². The van der Waals surface area contributed by atoms with Crippen molar-refractivity contribution in [1.29, 1.82) is 5.26 Å². The zero-order valence-corrected chi connectivity index (χ0v) is 13.8. The number of carbonyl (C=O) groups is 1. The van der Waals surface area contributed by atoms with Crippen LogP contribution in [-0.2, 0) is 10.8 Å². The van der Waals surface area contributed by atoms with E-state index in [-0.39, 0.29) is 11.5 Å². The van der Waals surface area contributed by atoms with Gasteiger partial charge in [0.15, 0.2) is 0 Å². The van der Waals surface area contributed by atoms with Gasteiger partial charge in [-0.1, -0.05) is 6.07 Å². The number of hydrogen-bond donors (Lipinski definition) is 2. The number of amides is 1. The highest BCUT2D eigenvalue weighted by atomic mass is 32.2. The lowest BCUT2D eigenvalue weighted by Crippen LogP contribution is -2.28. The van der Waals surface area contributed by atoms with E-state index in [1.54, 1.807) is 42.7 Å². The van der Waals surface area contributed by atoms with Crippen molar-refractivity contribution >= 4 is 22.4 Å². The SMILES string of the molecule is C[S@](=O)c1ccc(C(=O)NCCNc2cccc(F)c2C#N)cc1. The van der Waals surface area contributed by atoms with E-state index in [1.807, 2.05) is 0 Å². The molecule has 7 heteroatoms. The van der Waals surface area contributed by atoms with E-state index in [4.69, 9.17) is 5.26 Å². The van der Waals surface area contributed by atoms with Gasteiger partial charge in [-0.05, 0) is 36.4 Å². The van der Waals surface area contributed by atoms with E-state index in [2.05, 4.69) is 10.6 Å². The topological polar surface area (TPSA) is 82.0 Å². The molecule has 2 N–H and O–H groups in total. The minimum Gasteiger partial charge on any atom is -0.382 e. The van der Waals surface area contributed by atoms with Crippen LogP contribution in [0.2, 0.25) is 0 Å². The van der Waals surface area contributed by atoms with Gasteiger partial charge in [0.2, 0.25) is 0 Å². The van der Waals surface area contributed by atoms with Gasteiger partial charge in [0.25, 0.3) is 5.91 Å². The van der Waals surface area contributed by atoms with Crippen molar-refractivity contribution < 1.29 is 13.4 Å². The van der Waals surface area contributed by atoms with Crippen LogP contribution in [0.15, 0.2) is 47.4 Å². The molecule has 2 rings (SSSR count). The maximum absolute atomic E-state index is 13.4. The molecule has 0 bridgehead atoms. The number of anilines is 1. The first-order valence-electron chi connectivity index (χ1n) is 7.17. The fourth-order valence-electron chi connectivity index (χ4n) is 2.06. The van der Waals surface area contributed by atoms with Crippen LogP contribution in [0.1, 0.15) is 15.9 Å². The van der Waals surface area contributed by atoms with Gasteiger partial charge in [0.05, 0.1) is 5.69 Å². The molecule has 5 nitrogen and oxygen atoms in total. The lowest BCUT2D eigenvalue weighted by molar-refractivity contribution is 0.0955. The average molecular weight is 345 g/mol. The van der Waals surface area contributed by atoms with Gasteiger partial charge in [0, 0.05) is 40.6 Å². The second-order valence-corrected chi connectivity index (χ2v) is 6.32. The largest absolute Gasteiger partial charge is 0.382 e. The van der Waals surface area contributed by atoms with Crippen LogP contribution in [0, 0.1) is 17.1 Å². The van der Waals surface area contributed by atoms with Gasteiger partial charge in [-0.3, -0.25) is 9.00 Å². The smallest absolute Gasteiger partial charge is 0.251 e. The Morgan fingerprint density at radius 2 is 1.92 bits per heavy atom. The third-order valence-electron chi connectivity index (χ3n) is 3.30. The molecule has 0 aliphatic heterocycles. The van der Waals surface area contributed by atoms with Crippen LogP contribution in [0.3, 0.4) is 0 Å². The minimum atomic E-state index is -1.08. The van der Waals surface area contributed by atoms with Crippen LogP contribution in [0.5, 0.6) is 0 Å². The average Bonchev–Trinajstić information content (AvgIpc) is 2.58. The zero-order chi connectivity index (χ0) is 17.5. The van der Waals surface area contributed by atoms with Gasteiger partial charge < -0.3 is 10.6 Å². The monoisotopic (exact) mass is 345 g/mol. The highest BCUT2D eigenvalue weighted by Gasteiger charge is 2.08. The van der Waals surface area contributed by atoms with Gasteiger partial charge in [-0.2, -0.15) is 5.26 Å². The summed E-state index contributed by atoms with van der Waals surface area (Å²) >= 11 is 0. The number of benzene rings is 2. The Kier molecular flexibility index (Phi) is 6.04. The standard InChI is InChI=1S/C17H16FN3O2S/c1-24(23)13-7-5-12(6-8-13)17(22)21-10-9-20-16-4-2-3-15(18)14(16)11-19/h2-8,20H,9-10H2,1H3,(H,21,22)/t24-/m0/s1. The summed E-state index contributed by atoms with van der Waals surface area (Å²) in [4.78, 5) is 12.6. The lowest BCUT2D eigenvalue weighted by Gasteiger charge is -2.10. The van der Waals surface area contributed by atoms with Crippen molar-refractivity contribution in [2.24, 2.45) is 0 Å². The minimum absolute atomic E-state index is 0.0491. The summed E-state index contributed by atoms with van der Waals surface area (Å²) in [6, 6.07) is 12.7. The molecule has 2 aromatic rings. The van der Waals surface area contributed by atoms with Crippen molar-refractivity contribution in [2.45, 2.75) is 4.90 Å². The Bertz CT molecular complexity index is 800. The number of carbonyl (C=O) groups excluding carboxylic acids is 1. The van der Waals surface area contributed by atoms with Crippen LogP contribution in [-0.4, -0.2) is 29.5 Å². The molecule has 1 amide bonds. The van der Waals surface area contributed by atoms with E-state index in [1.165, 1.54) is 12.1 Å². The molecule has 0 heterocycles. The Morgan fingerprint density at radius 3 is 2.54 bits per heavy atom. The molecule has 0 fully saturated rings. The van der Waals surface area contributed by atoms with Crippen LogP contribution < -0.4 is 10.6 Å². The number of nitrogens with one attached hydrogen (secondary N) is 2. The van der Waals surface area contributed by atoms with E-state index in [9.17, 15) is 13.4 Å². The lowest BCUT2D eigenvalue weighted by atomic mass is 10.2. The van der Waals surface area contributed by atoms with Gasteiger partial charge in [-0.15, -0.1) is 0 Å². The molecule has 0 saturated heterocycles. The van der Waals surface area contributed by atoms with Crippen molar-refractivity contribution in [1.82, 2.24) is 5.32 Å². The van der Waals surface area contributed by atoms with Crippen LogP contribution >= 0.6 is 0 Å². The Labute approximate surface area is 142 Å². The van der Waals surface area contributed by atoms with Gasteiger partial charge in [0.1, 0.15) is 17.4 Å².